The van der Waals surface area contributed by atoms with Crippen molar-refractivity contribution in [3.63, 3.8) is 0 Å². The molecular formula is C9H13N3O3S. The number of carbonyl (C=O) groups excluding carboxylic acids is 1. The van der Waals surface area contributed by atoms with Gasteiger partial charge in [0.2, 0.25) is 0 Å². The summed E-state index contributed by atoms with van der Waals surface area (Å²) < 4.78 is 22.4. The molecule has 0 spiro atoms. The van der Waals surface area contributed by atoms with E-state index in [2.05, 4.69) is 15.3 Å². The minimum atomic E-state index is -2.96. The van der Waals surface area contributed by atoms with E-state index in [9.17, 15) is 13.2 Å². The number of rotatable bonds is 2. The number of nitrogens with one attached hydrogen (secondary N) is 2. The van der Waals surface area contributed by atoms with Gasteiger partial charge in [-0.25, -0.2) is 13.4 Å². The fraction of sp³-hybridized carbons (Fsp3) is 0.556. The number of aromatic nitrogens is 2. The molecule has 1 atom stereocenters. The van der Waals surface area contributed by atoms with Gasteiger partial charge in [-0.3, -0.25) is 4.79 Å². The van der Waals surface area contributed by atoms with Gasteiger partial charge in [-0.15, -0.1) is 0 Å². The fourth-order valence-corrected chi connectivity index (χ4v) is 3.38. The Hall–Kier alpha value is -1.37. The quantitative estimate of drug-likeness (QED) is 0.741. The summed E-state index contributed by atoms with van der Waals surface area (Å²) in [6.45, 7) is 1.75. The second-order valence-corrected chi connectivity index (χ2v) is 6.18. The van der Waals surface area contributed by atoms with Gasteiger partial charge in [0, 0.05) is 6.04 Å². The van der Waals surface area contributed by atoms with Crippen LogP contribution in [0.2, 0.25) is 0 Å². The summed E-state index contributed by atoms with van der Waals surface area (Å²) in [5.74, 6) is 0.540. The van der Waals surface area contributed by atoms with Crippen LogP contribution in [0.25, 0.3) is 0 Å². The van der Waals surface area contributed by atoms with Gasteiger partial charge < -0.3 is 10.3 Å². The number of hydrogen-bond acceptors (Lipinski definition) is 4. The van der Waals surface area contributed by atoms with Gasteiger partial charge >= 0.3 is 0 Å². The van der Waals surface area contributed by atoms with Gasteiger partial charge in [-0.2, -0.15) is 0 Å². The van der Waals surface area contributed by atoms with E-state index < -0.39 is 9.84 Å². The summed E-state index contributed by atoms with van der Waals surface area (Å²) in [5.41, 5.74) is 0.363. The topological polar surface area (TPSA) is 91.9 Å². The molecule has 2 heterocycles. The molecule has 1 fully saturated rings. The molecule has 1 aliphatic rings. The molecule has 1 aliphatic heterocycles. The summed E-state index contributed by atoms with van der Waals surface area (Å²) in [7, 11) is -2.96. The third kappa shape index (κ3) is 2.41. The highest BCUT2D eigenvalue weighted by atomic mass is 32.2. The highest BCUT2D eigenvalue weighted by Gasteiger charge is 2.29. The van der Waals surface area contributed by atoms with Gasteiger partial charge in [-0.1, -0.05) is 0 Å². The fourth-order valence-electron chi connectivity index (χ4n) is 1.71. The normalized spacial score (nSPS) is 23.2. The van der Waals surface area contributed by atoms with Crippen molar-refractivity contribution in [2.75, 3.05) is 11.5 Å². The third-order valence-electron chi connectivity index (χ3n) is 2.52. The zero-order valence-electron chi connectivity index (χ0n) is 8.86. The molecule has 0 saturated carbocycles. The Labute approximate surface area is 93.4 Å². The van der Waals surface area contributed by atoms with E-state index in [0.29, 0.717) is 17.9 Å². The van der Waals surface area contributed by atoms with E-state index in [4.69, 9.17) is 0 Å². The number of sulfone groups is 1. The maximum atomic E-state index is 11.6. The van der Waals surface area contributed by atoms with E-state index in [1.807, 2.05) is 0 Å². The van der Waals surface area contributed by atoms with Crippen molar-refractivity contribution in [2.24, 2.45) is 0 Å². The second-order valence-electron chi connectivity index (χ2n) is 3.96. The lowest BCUT2D eigenvalue weighted by Gasteiger charge is -2.08. The summed E-state index contributed by atoms with van der Waals surface area (Å²) in [6.07, 6.45) is 1.93. The van der Waals surface area contributed by atoms with E-state index in [0.717, 1.165) is 0 Å². The predicted molar refractivity (Wildman–Crippen MR) is 57.8 cm³/mol. The van der Waals surface area contributed by atoms with E-state index in [1.165, 1.54) is 6.20 Å². The van der Waals surface area contributed by atoms with Crippen LogP contribution in [-0.2, 0) is 9.84 Å². The first-order valence-electron chi connectivity index (χ1n) is 4.99. The zero-order chi connectivity index (χ0) is 11.8. The minimum absolute atomic E-state index is 0.0336. The van der Waals surface area contributed by atoms with Gasteiger partial charge in [0.1, 0.15) is 11.5 Å². The molecule has 2 N–H and O–H groups in total. The lowest BCUT2D eigenvalue weighted by Crippen LogP contribution is -2.35. The smallest absolute Gasteiger partial charge is 0.269 e. The lowest BCUT2D eigenvalue weighted by molar-refractivity contribution is 0.0936. The molecule has 1 saturated heterocycles. The van der Waals surface area contributed by atoms with E-state index in [-0.39, 0.29) is 23.5 Å². The molecule has 6 nitrogen and oxygen atoms in total. The van der Waals surface area contributed by atoms with Crippen LogP contribution in [0, 0.1) is 6.92 Å². The van der Waals surface area contributed by atoms with Crippen molar-refractivity contribution in [3.05, 3.63) is 17.7 Å². The highest BCUT2D eigenvalue weighted by Crippen LogP contribution is 2.11. The molecule has 0 aromatic carbocycles. The first-order valence-corrected chi connectivity index (χ1v) is 6.81. The first-order chi connectivity index (χ1) is 7.46. The average Bonchev–Trinajstić information content (AvgIpc) is 2.73. The van der Waals surface area contributed by atoms with Crippen molar-refractivity contribution in [1.82, 2.24) is 15.3 Å². The molecule has 2 rings (SSSR count). The number of carbonyl (C=O) groups is 1. The van der Waals surface area contributed by atoms with Crippen molar-refractivity contribution in [1.29, 1.82) is 0 Å². The predicted octanol–water partition coefficient (Wildman–Crippen LogP) is -0.365. The number of aryl methyl sites for hydroxylation is 1. The van der Waals surface area contributed by atoms with Crippen LogP contribution < -0.4 is 5.32 Å². The molecule has 0 radical (unpaired) electrons. The molecular weight excluding hydrogens is 230 g/mol. The summed E-state index contributed by atoms with van der Waals surface area (Å²) >= 11 is 0. The van der Waals surface area contributed by atoms with Crippen molar-refractivity contribution < 1.29 is 13.2 Å². The van der Waals surface area contributed by atoms with Crippen LogP contribution in [-0.4, -0.2) is 41.8 Å². The van der Waals surface area contributed by atoms with Gasteiger partial charge in [0.05, 0.1) is 17.7 Å². The number of nitrogens with zero attached hydrogens (tertiary/aromatic N) is 1. The Balaban J connectivity index is 1.99. The third-order valence-corrected chi connectivity index (χ3v) is 4.28. The standard InChI is InChI=1S/C9H13N3O3S/c1-6-10-4-8(11-6)9(13)12-7-2-3-16(14,15)5-7/h4,7H,2-3,5H2,1H3,(H,10,11)(H,12,13). The second kappa shape index (κ2) is 3.89. The lowest BCUT2D eigenvalue weighted by atomic mass is 10.2. The molecule has 1 amide bonds. The van der Waals surface area contributed by atoms with Crippen LogP contribution in [0.1, 0.15) is 22.7 Å². The summed E-state index contributed by atoms with van der Waals surface area (Å²) in [6, 6.07) is -0.277. The van der Waals surface area contributed by atoms with Gasteiger partial charge in [0.25, 0.3) is 5.91 Å². The number of imidazole rings is 1. The minimum Gasteiger partial charge on any atom is -0.347 e. The van der Waals surface area contributed by atoms with Crippen molar-refractivity contribution >= 4 is 15.7 Å². The SMILES string of the molecule is Cc1ncc(C(=O)NC2CCS(=O)(=O)C2)[nH]1. The molecule has 1 aromatic rings. The molecule has 88 valence electrons. The van der Waals surface area contributed by atoms with E-state index in [1.54, 1.807) is 6.92 Å². The monoisotopic (exact) mass is 243 g/mol. The molecule has 0 aliphatic carbocycles. The summed E-state index contributed by atoms with van der Waals surface area (Å²) in [4.78, 5) is 18.4. The largest absolute Gasteiger partial charge is 0.347 e. The molecule has 1 unspecified atom stereocenters. The Bertz CT molecular complexity index is 506. The van der Waals surface area contributed by atoms with Gasteiger partial charge in [0.15, 0.2) is 9.84 Å². The van der Waals surface area contributed by atoms with Gasteiger partial charge in [-0.05, 0) is 13.3 Å². The van der Waals surface area contributed by atoms with Crippen LogP contribution in [0.3, 0.4) is 0 Å². The van der Waals surface area contributed by atoms with Crippen molar-refractivity contribution in [3.8, 4) is 0 Å². The van der Waals surface area contributed by atoms with Crippen LogP contribution >= 0.6 is 0 Å². The number of amides is 1. The highest BCUT2D eigenvalue weighted by molar-refractivity contribution is 7.91. The first kappa shape index (κ1) is 11.1. The molecule has 0 bridgehead atoms. The number of hydrogen-bond donors (Lipinski definition) is 2. The Morgan fingerprint density at radius 3 is 2.88 bits per heavy atom. The molecule has 1 aromatic heterocycles. The van der Waals surface area contributed by atoms with Crippen LogP contribution in [0.15, 0.2) is 6.20 Å². The van der Waals surface area contributed by atoms with Crippen molar-refractivity contribution in [2.45, 2.75) is 19.4 Å². The zero-order valence-corrected chi connectivity index (χ0v) is 9.67. The number of aromatic amines is 1. The Kier molecular flexibility index (Phi) is 2.71. The Morgan fingerprint density at radius 2 is 2.38 bits per heavy atom. The van der Waals surface area contributed by atoms with Crippen LogP contribution in [0.4, 0.5) is 0 Å². The molecule has 7 heteroatoms. The number of H-pyrrole nitrogens is 1. The van der Waals surface area contributed by atoms with E-state index >= 15 is 0 Å². The van der Waals surface area contributed by atoms with Crippen LogP contribution in [0.5, 0.6) is 0 Å². The maximum absolute atomic E-state index is 11.6. The summed E-state index contributed by atoms with van der Waals surface area (Å²) in [5, 5.41) is 2.67. The molecule has 16 heavy (non-hydrogen) atoms. The average molecular weight is 243 g/mol. The maximum Gasteiger partial charge on any atom is 0.269 e. The Morgan fingerprint density at radius 1 is 1.62 bits per heavy atom.